The molecule has 0 aromatic heterocycles. The van der Waals surface area contributed by atoms with E-state index >= 15 is 0 Å². The van der Waals surface area contributed by atoms with Crippen LogP contribution in [0.4, 0.5) is 4.39 Å². The van der Waals surface area contributed by atoms with Gasteiger partial charge in [-0.3, -0.25) is 5.84 Å². The van der Waals surface area contributed by atoms with E-state index in [-0.39, 0.29) is 5.82 Å². The van der Waals surface area contributed by atoms with Crippen LogP contribution in [0.2, 0.25) is 0 Å². The molecule has 0 aliphatic heterocycles. The van der Waals surface area contributed by atoms with Gasteiger partial charge in [-0.15, -0.1) is 0 Å². The fraction of sp³-hybridized carbons (Fsp3) is 0.200. The van der Waals surface area contributed by atoms with Crippen LogP contribution >= 0.6 is 15.9 Å². The van der Waals surface area contributed by atoms with Gasteiger partial charge in [0, 0.05) is 15.6 Å². The van der Waals surface area contributed by atoms with Gasteiger partial charge in [-0.1, -0.05) is 40.2 Å². The maximum atomic E-state index is 14.1. The van der Waals surface area contributed by atoms with E-state index in [2.05, 4.69) is 21.4 Å². The topological polar surface area (TPSA) is 47.3 Å². The number of hydrogen-bond donors (Lipinski definition) is 2. The Bertz CT molecular complexity index is 572. The molecule has 0 spiro atoms. The van der Waals surface area contributed by atoms with E-state index in [0.717, 1.165) is 5.56 Å². The van der Waals surface area contributed by atoms with Crippen molar-refractivity contribution in [1.29, 1.82) is 0 Å². The van der Waals surface area contributed by atoms with Crippen molar-refractivity contribution >= 4 is 15.9 Å². The van der Waals surface area contributed by atoms with Crippen molar-refractivity contribution in [2.24, 2.45) is 5.84 Å². The summed E-state index contributed by atoms with van der Waals surface area (Å²) in [6.07, 6.45) is 0. The molecule has 1 unspecified atom stereocenters. The van der Waals surface area contributed by atoms with Crippen LogP contribution in [-0.2, 0) is 0 Å². The monoisotopic (exact) mass is 338 g/mol. The number of nitrogens with two attached hydrogens (primary N) is 1. The molecule has 0 radical (unpaired) electrons. The highest BCUT2D eigenvalue weighted by Crippen LogP contribution is 2.34. The summed E-state index contributed by atoms with van der Waals surface area (Å²) in [7, 11) is 0. The number of para-hydroxylation sites is 1. The van der Waals surface area contributed by atoms with Gasteiger partial charge in [-0.05, 0) is 25.1 Å². The van der Waals surface area contributed by atoms with Crippen LogP contribution < -0.4 is 16.0 Å². The molecule has 0 saturated carbocycles. The van der Waals surface area contributed by atoms with E-state index in [9.17, 15) is 4.39 Å². The largest absolute Gasteiger partial charge is 0.494 e. The van der Waals surface area contributed by atoms with E-state index in [4.69, 9.17) is 10.6 Å². The third-order valence-corrected chi connectivity index (χ3v) is 3.68. The lowest BCUT2D eigenvalue weighted by Gasteiger charge is -2.21. The van der Waals surface area contributed by atoms with Gasteiger partial charge in [0.2, 0.25) is 0 Å². The summed E-state index contributed by atoms with van der Waals surface area (Å²) in [6, 6.07) is 11.8. The summed E-state index contributed by atoms with van der Waals surface area (Å²) < 4.78 is 20.4. The van der Waals surface area contributed by atoms with Gasteiger partial charge >= 0.3 is 0 Å². The molecular formula is C15H16BrFN2O. The van der Waals surface area contributed by atoms with Gasteiger partial charge in [0.15, 0.2) is 0 Å². The molecule has 5 heteroatoms. The molecule has 3 nitrogen and oxygen atoms in total. The molecule has 106 valence electrons. The number of hydrogen-bond acceptors (Lipinski definition) is 3. The van der Waals surface area contributed by atoms with Crippen LogP contribution in [0.3, 0.4) is 0 Å². The maximum Gasteiger partial charge on any atom is 0.129 e. The molecule has 0 saturated heterocycles. The minimum atomic E-state index is -0.492. The number of halogens is 2. The quantitative estimate of drug-likeness (QED) is 0.647. The smallest absolute Gasteiger partial charge is 0.129 e. The third-order valence-electron chi connectivity index (χ3n) is 2.98. The van der Waals surface area contributed by atoms with Gasteiger partial charge in [0.05, 0.1) is 12.6 Å². The Kier molecular flexibility index (Phi) is 5.11. The second kappa shape index (κ2) is 6.83. The Morgan fingerprint density at radius 2 is 2.00 bits per heavy atom. The van der Waals surface area contributed by atoms with Gasteiger partial charge in [0.25, 0.3) is 0 Å². The minimum absolute atomic E-state index is 0.325. The second-order valence-electron chi connectivity index (χ2n) is 4.21. The molecule has 0 heterocycles. The van der Waals surface area contributed by atoms with Crippen LogP contribution in [0.15, 0.2) is 46.9 Å². The summed E-state index contributed by atoms with van der Waals surface area (Å²) in [5, 5.41) is 0. The lowest BCUT2D eigenvalue weighted by Crippen LogP contribution is -2.30. The molecule has 0 aliphatic rings. The number of nitrogens with one attached hydrogen (secondary N) is 1. The highest BCUT2D eigenvalue weighted by atomic mass is 79.9. The third kappa shape index (κ3) is 3.00. The summed E-state index contributed by atoms with van der Waals surface area (Å²) in [5.74, 6) is 6.01. The van der Waals surface area contributed by atoms with E-state index in [1.807, 2.05) is 31.2 Å². The SMILES string of the molecule is CCOc1ccccc1C(NN)c1c(F)cccc1Br. The Hall–Kier alpha value is -1.43. The minimum Gasteiger partial charge on any atom is -0.494 e. The molecule has 0 amide bonds. The predicted octanol–water partition coefficient (Wildman–Crippen LogP) is 3.54. The average molecular weight is 339 g/mol. The maximum absolute atomic E-state index is 14.1. The lowest BCUT2D eigenvalue weighted by atomic mass is 9.98. The zero-order valence-electron chi connectivity index (χ0n) is 11.1. The molecule has 0 fully saturated rings. The summed E-state index contributed by atoms with van der Waals surface area (Å²) in [4.78, 5) is 0. The van der Waals surface area contributed by atoms with Gasteiger partial charge in [-0.2, -0.15) is 0 Å². The summed E-state index contributed by atoms with van der Waals surface area (Å²) in [6.45, 7) is 2.44. The first-order valence-electron chi connectivity index (χ1n) is 6.30. The first-order chi connectivity index (χ1) is 9.69. The number of benzene rings is 2. The molecule has 2 rings (SSSR count). The zero-order chi connectivity index (χ0) is 14.5. The number of rotatable bonds is 5. The van der Waals surface area contributed by atoms with Gasteiger partial charge in [0.1, 0.15) is 11.6 Å². The predicted molar refractivity (Wildman–Crippen MR) is 80.9 cm³/mol. The van der Waals surface area contributed by atoms with Crippen molar-refractivity contribution in [3.05, 3.63) is 63.9 Å². The first-order valence-corrected chi connectivity index (χ1v) is 7.10. The lowest BCUT2D eigenvalue weighted by molar-refractivity contribution is 0.333. The van der Waals surface area contributed by atoms with Crippen molar-refractivity contribution in [1.82, 2.24) is 5.43 Å². The highest BCUT2D eigenvalue weighted by molar-refractivity contribution is 9.10. The van der Waals surface area contributed by atoms with Crippen molar-refractivity contribution in [2.45, 2.75) is 13.0 Å². The Morgan fingerprint density at radius 3 is 2.65 bits per heavy atom. The molecular weight excluding hydrogens is 323 g/mol. The van der Waals surface area contributed by atoms with Crippen LogP contribution in [0.5, 0.6) is 5.75 Å². The van der Waals surface area contributed by atoms with E-state index in [1.165, 1.54) is 6.07 Å². The molecule has 20 heavy (non-hydrogen) atoms. The van der Waals surface area contributed by atoms with E-state index < -0.39 is 6.04 Å². The molecule has 0 bridgehead atoms. The molecule has 3 N–H and O–H groups in total. The summed E-state index contributed by atoms with van der Waals surface area (Å²) in [5.41, 5.74) is 3.92. The number of hydrazine groups is 1. The van der Waals surface area contributed by atoms with Crippen LogP contribution in [0, 0.1) is 5.82 Å². The highest BCUT2D eigenvalue weighted by Gasteiger charge is 2.22. The van der Waals surface area contributed by atoms with E-state index in [1.54, 1.807) is 12.1 Å². The van der Waals surface area contributed by atoms with E-state index in [0.29, 0.717) is 22.4 Å². The molecule has 0 aliphatic carbocycles. The second-order valence-corrected chi connectivity index (χ2v) is 5.06. The fourth-order valence-electron chi connectivity index (χ4n) is 2.12. The molecule has 2 aromatic rings. The van der Waals surface area contributed by atoms with Crippen molar-refractivity contribution < 1.29 is 9.13 Å². The Labute approximate surface area is 126 Å². The van der Waals surface area contributed by atoms with Crippen molar-refractivity contribution in [3.8, 4) is 5.75 Å². The van der Waals surface area contributed by atoms with Crippen molar-refractivity contribution in [3.63, 3.8) is 0 Å². The fourth-order valence-corrected chi connectivity index (χ4v) is 2.69. The zero-order valence-corrected chi connectivity index (χ0v) is 12.7. The molecule has 1 atom stereocenters. The van der Waals surface area contributed by atoms with Crippen LogP contribution in [0.1, 0.15) is 24.1 Å². The molecule has 2 aromatic carbocycles. The Balaban J connectivity index is 2.53. The van der Waals surface area contributed by atoms with Gasteiger partial charge in [-0.25, -0.2) is 9.82 Å². The van der Waals surface area contributed by atoms with Crippen molar-refractivity contribution in [2.75, 3.05) is 6.61 Å². The first kappa shape index (κ1) is 15.0. The van der Waals surface area contributed by atoms with Crippen LogP contribution in [-0.4, -0.2) is 6.61 Å². The average Bonchev–Trinajstić information content (AvgIpc) is 2.44. The van der Waals surface area contributed by atoms with Gasteiger partial charge < -0.3 is 4.74 Å². The normalized spacial score (nSPS) is 12.2. The standard InChI is InChI=1S/C15H16BrFN2O/c1-2-20-13-9-4-3-6-10(13)15(19-18)14-11(16)7-5-8-12(14)17/h3-9,15,19H,2,18H2,1H3. The Morgan fingerprint density at radius 1 is 1.25 bits per heavy atom. The van der Waals surface area contributed by atoms with Crippen LogP contribution in [0.25, 0.3) is 0 Å². The number of ether oxygens (including phenoxy) is 1. The summed E-state index contributed by atoms with van der Waals surface area (Å²) >= 11 is 3.37.